The van der Waals surface area contributed by atoms with Crippen molar-refractivity contribution in [2.24, 2.45) is 0 Å². The van der Waals surface area contributed by atoms with Crippen LogP contribution >= 0.6 is 0 Å². The van der Waals surface area contributed by atoms with E-state index in [0.29, 0.717) is 49.0 Å². The number of hydrogen-bond donors (Lipinski definition) is 0. The van der Waals surface area contributed by atoms with Gasteiger partial charge in [-0.15, -0.1) is 0 Å². The standard InChI is InChI=1S/C20H17N3O4/c24-10-18-20(26-11-14-4-2-1-3-5-14)16(6-7-22-18)17-8-21-9-19(23-17)27-15-12-25-13-15/h1-10,15H,11-13H2. The van der Waals surface area contributed by atoms with Crippen molar-refractivity contribution in [1.29, 1.82) is 0 Å². The third-order valence-corrected chi connectivity index (χ3v) is 4.05. The fourth-order valence-electron chi connectivity index (χ4n) is 2.62. The van der Waals surface area contributed by atoms with E-state index in [9.17, 15) is 4.79 Å². The summed E-state index contributed by atoms with van der Waals surface area (Å²) in [4.78, 5) is 24.3. The molecule has 27 heavy (non-hydrogen) atoms. The quantitative estimate of drug-likeness (QED) is 0.597. The molecular weight excluding hydrogens is 346 g/mol. The Balaban J connectivity index is 1.63. The highest BCUT2D eigenvalue weighted by Crippen LogP contribution is 2.31. The highest BCUT2D eigenvalue weighted by atomic mass is 16.6. The maximum absolute atomic E-state index is 11.5. The molecule has 1 aliphatic rings. The van der Waals surface area contributed by atoms with Crippen molar-refractivity contribution in [3.05, 3.63) is 66.2 Å². The number of hydrogen-bond acceptors (Lipinski definition) is 7. The summed E-state index contributed by atoms with van der Waals surface area (Å²) in [5.74, 6) is 0.772. The summed E-state index contributed by atoms with van der Waals surface area (Å²) in [7, 11) is 0. The van der Waals surface area contributed by atoms with Crippen LogP contribution in [0.25, 0.3) is 11.3 Å². The molecule has 7 heteroatoms. The van der Waals surface area contributed by atoms with Gasteiger partial charge in [0.2, 0.25) is 5.88 Å². The molecule has 0 unspecified atom stereocenters. The molecule has 3 aromatic rings. The Kier molecular flexibility index (Phi) is 5.02. The van der Waals surface area contributed by atoms with Crippen LogP contribution in [-0.4, -0.2) is 40.6 Å². The second-order valence-electron chi connectivity index (χ2n) is 5.98. The number of rotatable bonds is 7. The second-order valence-corrected chi connectivity index (χ2v) is 5.98. The van der Waals surface area contributed by atoms with Crippen molar-refractivity contribution in [3.8, 4) is 22.9 Å². The normalized spacial score (nSPS) is 13.6. The van der Waals surface area contributed by atoms with Gasteiger partial charge in [-0.2, -0.15) is 0 Å². The molecule has 0 amide bonds. The van der Waals surface area contributed by atoms with Crippen molar-refractivity contribution in [2.45, 2.75) is 12.7 Å². The lowest BCUT2D eigenvalue weighted by Crippen LogP contribution is -2.38. The molecule has 7 nitrogen and oxygen atoms in total. The van der Waals surface area contributed by atoms with Crippen molar-refractivity contribution in [1.82, 2.24) is 15.0 Å². The minimum absolute atomic E-state index is 0.00803. The maximum Gasteiger partial charge on any atom is 0.233 e. The van der Waals surface area contributed by atoms with Crippen LogP contribution in [0.5, 0.6) is 11.6 Å². The Morgan fingerprint density at radius 2 is 2.00 bits per heavy atom. The lowest BCUT2D eigenvalue weighted by Gasteiger charge is -2.26. The third kappa shape index (κ3) is 3.93. The van der Waals surface area contributed by atoms with Gasteiger partial charge in [0, 0.05) is 11.8 Å². The first-order valence-electron chi connectivity index (χ1n) is 8.51. The zero-order valence-electron chi connectivity index (χ0n) is 14.4. The van der Waals surface area contributed by atoms with E-state index >= 15 is 0 Å². The van der Waals surface area contributed by atoms with Gasteiger partial charge in [-0.3, -0.25) is 9.78 Å². The molecule has 1 aliphatic heterocycles. The molecule has 1 saturated heterocycles. The number of nitrogens with zero attached hydrogens (tertiary/aromatic N) is 3. The average Bonchev–Trinajstić information content (AvgIpc) is 2.70. The van der Waals surface area contributed by atoms with Crippen molar-refractivity contribution in [2.75, 3.05) is 13.2 Å². The van der Waals surface area contributed by atoms with E-state index in [2.05, 4.69) is 15.0 Å². The van der Waals surface area contributed by atoms with Gasteiger partial charge in [0.25, 0.3) is 0 Å². The summed E-state index contributed by atoms with van der Waals surface area (Å²) < 4.78 is 16.7. The summed E-state index contributed by atoms with van der Waals surface area (Å²) in [6.07, 6.45) is 5.36. The summed E-state index contributed by atoms with van der Waals surface area (Å²) in [6, 6.07) is 11.4. The lowest BCUT2D eigenvalue weighted by atomic mass is 10.1. The molecule has 0 aliphatic carbocycles. The monoisotopic (exact) mass is 363 g/mol. The summed E-state index contributed by atoms with van der Waals surface area (Å²) >= 11 is 0. The smallest absolute Gasteiger partial charge is 0.233 e. The molecule has 1 fully saturated rings. The molecule has 0 bridgehead atoms. The summed E-state index contributed by atoms with van der Waals surface area (Å²) in [6.45, 7) is 1.40. The lowest BCUT2D eigenvalue weighted by molar-refractivity contribution is -0.0814. The highest BCUT2D eigenvalue weighted by Gasteiger charge is 2.21. The largest absolute Gasteiger partial charge is 0.486 e. The number of carbonyl (C=O) groups is 1. The number of carbonyl (C=O) groups excluding carboxylic acids is 1. The van der Waals surface area contributed by atoms with Crippen LogP contribution in [0, 0.1) is 0 Å². The number of aromatic nitrogens is 3. The Morgan fingerprint density at radius 3 is 2.74 bits per heavy atom. The number of aldehydes is 1. The molecule has 0 N–H and O–H groups in total. The molecule has 2 aromatic heterocycles. The Hall–Kier alpha value is -3.32. The van der Waals surface area contributed by atoms with Gasteiger partial charge in [-0.1, -0.05) is 30.3 Å². The first-order chi connectivity index (χ1) is 13.3. The van der Waals surface area contributed by atoms with E-state index in [-0.39, 0.29) is 11.8 Å². The fraction of sp³-hybridized carbons (Fsp3) is 0.200. The van der Waals surface area contributed by atoms with Gasteiger partial charge in [0.05, 0.1) is 31.3 Å². The van der Waals surface area contributed by atoms with E-state index in [0.717, 1.165) is 5.56 Å². The van der Waals surface area contributed by atoms with Gasteiger partial charge >= 0.3 is 0 Å². The van der Waals surface area contributed by atoms with Crippen LogP contribution in [0.15, 0.2) is 55.0 Å². The molecule has 1 aromatic carbocycles. The third-order valence-electron chi connectivity index (χ3n) is 4.05. The predicted octanol–water partition coefficient (Wildman–Crippen LogP) is 2.71. The van der Waals surface area contributed by atoms with Gasteiger partial charge < -0.3 is 14.2 Å². The zero-order valence-corrected chi connectivity index (χ0v) is 14.4. The predicted molar refractivity (Wildman–Crippen MR) is 96.7 cm³/mol. The van der Waals surface area contributed by atoms with E-state index in [1.54, 1.807) is 24.7 Å². The number of ether oxygens (including phenoxy) is 3. The molecule has 4 rings (SSSR count). The molecule has 3 heterocycles. The van der Waals surface area contributed by atoms with Gasteiger partial charge in [0.1, 0.15) is 18.4 Å². The van der Waals surface area contributed by atoms with E-state index in [1.807, 2.05) is 30.3 Å². The first kappa shape index (κ1) is 17.1. The van der Waals surface area contributed by atoms with Crippen molar-refractivity contribution in [3.63, 3.8) is 0 Å². The van der Waals surface area contributed by atoms with Crippen LogP contribution in [-0.2, 0) is 11.3 Å². The molecule has 0 spiro atoms. The second kappa shape index (κ2) is 7.92. The van der Waals surface area contributed by atoms with Crippen molar-refractivity contribution >= 4 is 6.29 Å². The Morgan fingerprint density at radius 1 is 1.15 bits per heavy atom. The van der Waals surface area contributed by atoms with Crippen LogP contribution < -0.4 is 9.47 Å². The van der Waals surface area contributed by atoms with E-state index in [1.165, 1.54) is 0 Å². The molecule has 0 radical (unpaired) electrons. The van der Waals surface area contributed by atoms with Gasteiger partial charge in [-0.25, -0.2) is 9.97 Å². The molecule has 0 atom stereocenters. The number of benzene rings is 1. The van der Waals surface area contributed by atoms with Crippen LogP contribution in [0.2, 0.25) is 0 Å². The van der Waals surface area contributed by atoms with Crippen LogP contribution in [0.4, 0.5) is 0 Å². The molecule has 136 valence electrons. The van der Waals surface area contributed by atoms with E-state index in [4.69, 9.17) is 14.2 Å². The summed E-state index contributed by atoms with van der Waals surface area (Å²) in [5.41, 5.74) is 2.37. The molecular formula is C20H17N3O4. The van der Waals surface area contributed by atoms with Crippen molar-refractivity contribution < 1.29 is 19.0 Å². The van der Waals surface area contributed by atoms with Gasteiger partial charge in [-0.05, 0) is 11.6 Å². The minimum Gasteiger partial charge on any atom is -0.486 e. The summed E-state index contributed by atoms with van der Waals surface area (Å²) in [5, 5.41) is 0. The maximum atomic E-state index is 11.5. The molecule has 0 saturated carbocycles. The van der Waals surface area contributed by atoms with Gasteiger partial charge in [0.15, 0.2) is 12.0 Å². The average molecular weight is 363 g/mol. The first-order valence-corrected chi connectivity index (χ1v) is 8.51. The minimum atomic E-state index is -0.00803. The SMILES string of the molecule is O=Cc1nccc(-c2cncc(OC3COC3)n2)c1OCc1ccccc1. The Labute approximate surface area is 156 Å². The Bertz CT molecular complexity index is 930. The van der Waals surface area contributed by atoms with Crippen LogP contribution in [0.3, 0.4) is 0 Å². The highest BCUT2D eigenvalue weighted by molar-refractivity contribution is 5.82. The topological polar surface area (TPSA) is 83.4 Å². The van der Waals surface area contributed by atoms with E-state index < -0.39 is 0 Å². The zero-order chi connectivity index (χ0) is 18.5. The fourth-order valence-corrected chi connectivity index (χ4v) is 2.62. The number of pyridine rings is 1. The van der Waals surface area contributed by atoms with Crippen LogP contribution in [0.1, 0.15) is 16.1 Å².